The summed E-state index contributed by atoms with van der Waals surface area (Å²) >= 11 is 3.02. The highest BCUT2D eigenvalue weighted by atomic mass is 79.9. The molecular formula is C9H9BrF2. The van der Waals surface area contributed by atoms with Gasteiger partial charge in [-0.3, -0.25) is 0 Å². The van der Waals surface area contributed by atoms with Gasteiger partial charge >= 0.3 is 0 Å². The molecule has 0 unspecified atom stereocenters. The van der Waals surface area contributed by atoms with Crippen molar-refractivity contribution in [1.29, 1.82) is 0 Å². The van der Waals surface area contributed by atoms with E-state index in [-0.39, 0.29) is 12.2 Å². The van der Waals surface area contributed by atoms with E-state index in [9.17, 15) is 8.78 Å². The van der Waals surface area contributed by atoms with E-state index in [2.05, 4.69) is 15.9 Å². The van der Waals surface area contributed by atoms with Crippen molar-refractivity contribution in [3.8, 4) is 0 Å². The molecule has 0 saturated carbocycles. The van der Waals surface area contributed by atoms with Crippen LogP contribution in [0.25, 0.3) is 0 Å². The first-order valence-electron chi connectivity index (χ1n) is 3.67. The summed E-state index contributed by atoms with van der Waals surface area (Å²) in [5.41, 5.74) is 0.696. The van der Waals surface area contributed by atoms with Crippen LogP contribution in [0.5, 0.6) is 0 Å². The summed E-state index contributed by atoms with van der Waals surface area (Å²) in [4.78, 5) is 0. The van der Waals surface area contributed by atoms with Gasteiger partial charge in [-0.2, -0.15) is 0 Å². The molecule has 0 aromatic heterocycles. The zero-order valence-corrected chi connectivity index (χ0v) is 8.02. The van der Waals surface area contributed by atoms with Crippen LogP contribution in [0.3, 0.4) is 0 Å². The molecule has 0 aliphatic heterocycles. The van der Waals surface area contributed by atoms with E-state index in [1.54, 1.807) is 12.1 Å². The molecule has 1 rings (SSSR count). The van der Waals surface area contributed by atoms with Gasteiger partial charge in [-0.25, -0.2) is 8.78 Å². The lowest BCUT2D eigenvalue weighted by atomic mass is 10.1. The molecule has 0 amide bonds. The molecular weight excluding hydrogens is 226 g/mol. The smallest absolute Gasteiger partial charge is 0.123 e. The molecule has 12 heavy (non-hydrogen) atoms. The SMILES string of the molecule is Fc1cccc(C[C@@H](F)CBr)c1. The first-order chi connectivity index (χ1) is 5.72. The Hall–Kier alpha value is -0.440. The van der Waals surface area contributed by atoms with Crippen molar-refractivity contribution in [2.75, 3.05) is 5.33 Å². The van der Waals surface area contributed by atoms with Crippen molar-refractivity contribution in [1.82, 2.24) is 0 Å². The molecule has 0 radical (unpaired) electrons. The van der Waals surface area contributed by atoms with Crippen molar-refractivity contribution in [2.24, 2.45) is 0 Å². The molecule has 3 heteroatoms. The van der Waals surface area contributed by atoms with E-state index >= 15 is 0 Å². The fraction of sp³-hybridized carbons (Fsp3) is 0.333. The van der Waals surface area contributed by atoms with Gasteiger partial charge in [0.15, 0.2) is 0 Å². The molecule has 1 aromatic carbocycles. The van der Waals surface area contributed by atoms with E-state index < -0.39 is 6.17 Å². The van der Waals surface area contributed by atoms with Gasteiger partial charge in [0.05, 0.1) is 0 Å². The van der Waals surface area contributed by atoms with E-state index in [0.29, 0.717) is 10.9 Å². The molecule has 0 aliphatic carbocycles. The summed E-state index contributed by atoms with van der Waals surface area (Å²) in [5.74, 6) is -0.311. The number of alkyl halides is 2. The molecule has 0 aliphatic rings. The zero-order chi connectivity index (χ0) is 8.97. The second-order valence-electron chi connectivity index (χ2n) is 2.59. The largest absolute Gasteiger partial charge is 0.246 e. The molecule has 0 N–H and O–H groups in total. The summed E-state index contributed by atoms with van der Waals surface area (Å²) in [5, 5.41) is 0.295. The Bertz CT molecular complexity index is 250. The number of benzene rings is 1. The highest BCUT2D eigenvalue weighted by molar-refractivity contribution is 9.09. The molecule has 0 fully saturated rings. The molecule has 1 atom stereocenters. The Labute approximate surface area is 78.7 Å². The molecule has 1 aromatic rings. The molecule has 0 nitrogen and oxygen atoms in total. The average Bonchev–Trinajstić information content (AvgIpc) is 2.04. The van der Waals surface area contributed by atoms with Crippen LogP contribution in [-0.2, 0) is 6.42 Å². The van der Waals surface area contributed by atoms with E-state index in [4.69, 9.17) is 0 Å². The fourth-order valence-corrected chi connectivity index (χ4v) is 1.20. The minimum absolute atomic E-state index is 0.267. The van der Waals surface area contributed by atoms with Crippen LogP contribution in [0.4, 0.5) is 8.78 Å². The predicted octanol–water partition coefficient (Wildman–Crippen LogP) is 3.10. The van der Waals surface area contributed by atoms with E-state index in [0.717, 1.165) is 0 Å². The van der Waals surface area contributed by atoms with E-state index in [1.165, 1.54) is 12.1 Å². The second-order valence-corrected chi connectivity index (χ2v) is 3.23. The third-order valence-electron chi connectivity index (χ3n) is 1.51. The zero-order valence-electron chi connectivity index (χ0n) is 6.43. The van der Waals surface area contributed by atoms with Crippen molar-refractivity contribution < 1.29 is 8.78 Å². The topological polar surface area (TPSA) is 0 Å². The molecule has 0 spiro atoms. The summed E-state index contributed by atoms with van der Waals surface area (Å²) in [7, 11) is 0. The van der Waals surface area contributed by atoms with Crippen molar-refractivity contribution in [3.05, 3.63) is 35.6 Å². The quantitative estimate of drug-likeness (QED) is 0.706. The molecule has 0 heterocycles. The highest BCUT2D eigenvalue weighted by Crippen LogP contribution is 2.09. The standard InChI is InChI=1S/C9H9BrF2/c10-6-9(12)5-7-2-1-3-8(11)4-7/h1-4,9H,5-6H2/t9-/m1/s1. The van der Waals surface area contributed by atoms with Gasteiger partial charge in [0.1, 0.15) is 12.0 Å². The summed E-state index contributed by atoms with van der Waals surface area (Å²) in [6, 6.07) is 6.02. The van der Waals surface area contributed by atoms with Crippen LogP contribution in [0, 0.1) is 5.82 Å². The summed E-state index contributed by atoms with van der Waals surface area (Å²) in [6.45, 7) is 0. The average molecular weight is 235 g/mol. The minimum Gasteiger partial charge on any atom is -0.246 e. The Kier molecular flexibility index (Phi) is 3.66. The predicted molar refractivity (Wildman–Crippen MR) is 48.8 cm³/mol. The van der Waals surface area contributed by atoms with Crippen LogP contribution in [0.15, 0.2) is 24.3 Å². The summed E-state index contributed by atoms with van der Waals surface area (Å²) in [6.07, 6.45) is -0.671. The number of rotatable bonds is 3. The lowest BCUT2D eigenvalue weighted by Crippen LogP contribution is -2.05. The van der Waals surface area contributed by atoms with Gasteiger partial charge in [-0.15, -0.1) is 0 Å². The van der Waals surface area contributed by atoms with Gasteiger partial charge < -0.3 is 0 Å². The van der Waals surface area contributed by atoms with Crippen LogP contribution < -0.4 is 0 Å². The monoisotopic (exact) mass is 234 g/mol. The maximum Gasteiger partial charge on any atom is 0.123 e. The van der Waals surface area contributed by atoms with Crippen LogP contribution >= 0.6 is 15.9 Å². The fourth-order valence-electron chi connectivity index (χ4n) is 0.974. The molecule has 66 valence electrons. The Morgan fingerprint density at radius 1 is 1.42 bits per heavy atom. The first kappa shape index (κ1) is 9.65. The van der Waals surface area contributed by atoms with Gasteiger partial charge in [0.2, 0.25) is 0 Å². The van der Waals surface area contributed by atoms with Gasteiger partial charge in [0.25, 0.3) is 0 Å². The normalized spacial score (nSPS) is 12.9. The lowest BCUT2D eigenvalue weighted by molar-refractivity contribution is 0.368. The third-order valence-corrected chi connectivity index (χ3v) is 2.22. The molecule has 0 bridgehead atoms. The molecule has 0 saturated heterocycles. The van der Waals surface area contributed by atoms with E-state index in [1.807, 2.05) is 0 Å². The number of hydrogen-bond acceptors (Lipinski definition) is 0. The Morgan fingerprint density at radius 2 is 2.17 bits per heavy atom. The number of hydrogen-bond donors (Lipinski definition) is 0. The van der Waals surface area contributed by atoms with Crippen molar-refractivity contribution >= 4 is 15.9 Å². The van der Waals surface area contributed by atoms with Crippen LogP contribution in [0.2, 0.25) is 0 Å². The lowest BCUT2D eigenvalue weighted by Gasteiger charge is -2.03. The van der Waals surface area contributed by atoms with Crippen molar-refractivity contribution in [2.45, 2.75) is 12.6 Å². The van der Waals surface area contributed by atoms with Gasteiger partial charge in [-0.1, -0.05) is 28.1 Å². The van der Waals surface area contributed by atoms with Crippen LogP contribution in [0.1, 0.15) is 5.56 Å². The van der Waals surface area contributed by atoms with Gasteiger partial charge in [0, 0.05) is 11.8 Å². The minimum atomic E-state index is -0.938. The third kappa shape index (κ3) is 2.89. The summed E-state index contributed by atoms with van der Waals surface area (Å²) < 4.78 is 25.4. The van der Waals surface area contributed by atoms with Gasteiger partial charge in [-0.05, 0) is 17.7 Å². The maximum atomic E-state index is 12.8. The van der Waals surface area contributed by atoms with Crippen LogP contribution in [-0.4, -0.2) is 11.5 Å². The Balaban J connectivity index is 2.63. The second kappa shape index (κ2) is 4.55. The van der Waals surface area contributed by atoms with Crippen molar-refractivity contribution in [3.63, 3.8) is 0 Å². The Morgan fingerprint density at radius 3 is 2.75 bits per heavy atom. The first-order valence-corrected chi connectivity index (χ1v) is 4.79. The maximum absolute atomic E-state index is 12.8. The highest BCUT2D eigenvalue weighted by Gasteiger charge is 2.05. The number of halogens is 3.